The first kappa shape index (κ1) is 16.1. The van der Waals surface area contributed by atoms with E-state index in [1.54, 1.807) is 0 Å². The van der Waals surface area contributed by atoms with Crippen molar-refractivity contribution >= 4 is 10.0 Å². The van der Waals surface area contributed by atoms with Crippen molar-refractivity contribution in [3.8, 4) is 0 Å². The van der Waals surface area contributed by atoms with E-state index in [2.05, 4.69) is 23.9 Å². The maximum Gasteiger partial charge on any atom is 0.216 e. The van der Waals surface area contributed by atoms with Crippen LogP contribution in [0.15, 0.2) is 24.3 Å². The summed E-state index contributed by atoms with van der Waals surface area (Å²) in [6.45, 7) is 8.47. The molecule has 0 bridgehead atoms. The smallest absolute Gasteiger partial charge is 0.216 e. The Labute approximate surface area is 116 Å². The predicted octanol–water partition coefficient (Wildman–Crippen LogP) is 2.01. The SMILES string of the molecule is CC(C)NCc1ccccc1CS(=O)(=O)NC(C)C. The molecular formula is C14H24N2O2S. The molecule has 0 saturated heterocycles. The highest BCUT2D eigenvalue weighted by molar-refractivity contribution is 7.88. The average molecular weight is 284 g/mol. The Balaban J connectivity index is 2.83. The van der Waals surface area contributed by atoms with Gasteiger partial charge in [-0.2, -0.15) is 0 Å². The van der Waals surface area contributed by atoms with Crippen LogP contribution in [0.25, 0.3) is 0 Å². The van der Waals surface area contributed by atoms with Crippen molar-refractivity contribution in [2.45, 2.75) is 52.1 Å². The van der Waals surface area contributed by atoms with Crippen molar-refractivity contribution < 1.29 is 8.42 Å². The first-order chi connectivity index (χ1) is 8.80. The van der Waals surface area contributed by atoms with Gasteiger partial charge in [0.25, 0.3) is 0 Å². The van der Waals surface area contributed by atoms with E-state index in [1.165, 1.54) is 0 Å². The van der Waals surface area contributed by atoms with E-state index in [4.69, 9.17) is 0 Å². The molecular weight excluding hydrogens is 260 g/mol. The largest absolute Gasteiger partial charge is 0.310 e. The molecule has 0 aliphatic carbocycles. The van der Waals surface area contributed by atoms with Gasteiger partial charge >= 0.3 is 0 Å². The van der Waals surface area contributed by atoms with Crippen LogP contribution in [-0.2, 0) is 22.3 Å². The summed E-state index contributed by atoms with van der Waals surface area (Å²) in [6.07, 6.45) is 0. The zero-order valence-corrected chi connectivity index (χ0v) is 12.9. The molecule has 0 unspecified atom stereocenters. The van der Waals surface area contributed by atoms with Crippen LogP contribution in [0.5, 0.6) is 0 Å². The quantitative estimate of drug-likeness (QED) is 0.805. The summed E-state index contributed by atoms with van der Waals surface area (Å²) in [5.41, 5.74) is 1.88. The first-order valence-corrected chi connectivity index (χ1v) is 8.25. The summed E-state index contributed by atoms with van der Waals surface area (Å²) < 4.78 is 26.5. The number of rotatable bonds is 7. The maximum absolute atomic E-state index is 12.0. The van der Waals surface area contributed by atoms with E-state index in [0.717, 1.165) is 11.1 Å². The minimum absolute atomic E-state index is 0.0289. The van der Waals surface area contributed by atoms with Gasteiger partial charge in [0.1, 0.15) is 0 Å². The van der Waals surface area contributed by atoms with E-state index in [9.17, 15) is 8.42 Å². The van der Waals surface area contributed by atoms with Gasteiger partial charge in [0.2, 0.25) is 10.0 Å². The van der Waals surface area contributed by atoms with Crippen molar-refractivity contribution in [1.82, 2.24) is 10.0 Å². The second-order valence-electron chi connectivity index (χ2n) is 5.34. The van der Waals surface area contributed by atoms with Crippen molar-refractivity contribution in [3.05, 3.63) is 35.4 Å². The molecule has 0 amide bonds. The van der Waals surface area contributed by atoms with E-state index in [0.29, 0.717) is 12.6 Å². The Morgan fingerprint density at radius 1 is 1.00 bits per heavy atom. The Kier molecular flexibility index (Phi) is 5.97. The molecule has 4 nitrogen and oxygen atoms in total. The van der Waals surface area contributed by atoms with Crippen LogP contribution in [0.3, 0.4) is 0 Å². The summed E-state index contributed by atoms with van der Waals surface area (Å²) in [7, 11) is -3.27. The highest BCUT2D eigenvalue weighted by Crippen LogP contribution is 2.12. The summed E-state index contributed by atoms with van der Waals surface area (Å²) in [5.74, 6) is 0.0289. The fraction of sp³-hybridized carbons (Fsp3) is 0.571. The fourth-order valence-electron chi connectivity index (χ4n) is 1.79. The Bertz CT molecular complexity index is 496. The van der Waals surface area contributed by atoms with Crippen molar-refractivity contribution in [2.75, 3.05) is 0 Å². The molecule has 1 aromatic carbocycles. The molecule has 0 aliphatic rings. The monoisotopic (exact) mass is 284 g/mol. The van der Waals surface area contributed by atoms with Gasteiger partial charge in [-0.05, 0) is 25.0 Å². The standard InChI is InChI=1S/C14H24N2O2S/c1-11(2)15-9-13-7-5-6-8-14(13)10-19(17,18)16-12(3)4/h5-8,11-12,15-16H,9-10H2,1-4H3. The van der Waals surface area contributed by atoms with Gasteiger partial charge in [-0.25, -0.2) is 13.1 Å². The number of hydrogen-bond acceptors (Lipinski definition) is 3. The number of benzene rings is 1. The van der Waals surface area contributed by atoms with Crippen LogP contribution in [0, 0.1) is 0 Å². The van der Waals surface area contributed by atoms with E-state index < -0.39 is 10.0 Å². The minimum atomic E-state index is -3.27. The van der Waals surface area contributed by atoms with Crippen LogP contribution in [-0.4, -0.2) is 20.5 Å². The van der Waals surface area contributed by atoms with Gasteiger partial charge in [-0.15, -0.1) is 0 Å². The molecule has 0 aliphatic heterocycles. The normalized spacial score (nSPS) is 12.3. The predicted molar refractivity (Wildman–Crippen MR) is 79.3 cm³/mol. The van der Waals surface area contributed by atoms with Crippen molar-refractivity contribution in [3.63, 3.8) is 0 Å². The van der Waals surface area contributed by atoms with Crippen LogP contribution in [0.1, 0.15) is 38.8 Å². The van der Waals surface area contributed by atoms with Gasteiger partial charge in [0.15, 0.2) is 0 Å². The zero-order valence-electron chi connectivity index (χ0n) is 12.1. The van der Waals surface area contributed by atoms with Crippen molar-refractivity contribution in [1.29, 1.82) is 0 Å². The molecule has 0 heterocycles. The van der Waals surface area contributed by atoms with Crippen molar-refractivity contribution in [2.24, 2.45) is 0 Å². The fourth-order valence-corrected chi connectivity index (χ4v) is 3.28. The molecule has 108 valence electrons. The summed E-state index contributed by atoms with van der Waals surface area (Å²) >= 11 is 0. The second kappa shape index (κ2) is 7.03. The highest BCUT2D eigenvalue weighted by atomic mass is 32.2. The van der Waals surface area contributed by atoms with Crippen LogP contribution in [0.4, 0.5) is 0 Å². The molecule has 19 heavy (non-hydrogen) atoms. The molecule has 5 heteroatoms. The summed E-state index contributed by atoms with van der Waals surface area (Å²) in [4.78, 5) is 0. The van der Waals surface area contributed by atoms with Crippen LogP contribution < -0.4 is 10.0 Å². The first-order valence-electron chi connectivity index (χ1n) is 6.60. The molecule has 0 aromatic heterocycles. The van der Waals surface area contributed by atoms with Gasteiger partial charge in [0.05, 0.1) is 5.75 Å². The third kappa shape index (κ3) is 6.18. The Morgan fingerprint density at radius 2 is 1.58 bits per heavy atom. The summed E-state index contributed by atoms with van der Waals surface area (Å²) in [6, 6.07) is 7.94. The van der Waals surface area contributed by atoms with Crippen LogP contribution in [0.2, 0.25) is 0 Å². The minimum Gasteiger partial charge on any atom is -0.310 e. The molecule has 0 spiro atoms. The van der Waals surface area contributed by atoms with Gasteiger partial charge in [-0.1, -0.05) is 38.1 Å². The Hall–Kier alpha value is -0.910. The van der Waals surface area contributed by atoms with Gasteiger partial charge < -0.3 is 5.32 Å². The topological polar surface area (TPSA) is 58.2 Å². The lowest BCUT2D eigenvalue weighted by Gasteiger charge is -2.14. The molecule has 0 fully saturated rings. The molecule has 2 N–H and O–H groups in total. The number of nitrogens with one attached hydrogen (secondary N) is 2. The second-order valence-corrected chi connectivity index (χ2v) is 7.09. The third-order valence-electron chi connectivity index (χ3n) is 2.58. The zero-order chi connectivity index (χ0) is 14.5. The summed E-state index contributed by atoms with van der Waals surface area (Å²) in [5, 5.41) is 3.31. The lowest BCUT2D eigenvalue weighted by Crippen LogP contribution is -2.31. The third-order valence-corrected chi connectivity index (χ3v) is 4.10. The van der Waals surface area contributed by atoms with E-state index in [-0.39, 0.29) is 11.8 Å². The lowest BCUT2D eigenvalue weighted by atomic mass is 10.1. The molecule has 0 saturated carbocycles. The number of hydrogen-bond donors (Lipinski definition) is 2. The molecule has 1 rings (SSSR count). The van der Waals surface area contributed by atoms with Gasteiger partial charge in [0, 0.05) is 18.6 Å². The Morgan fingerprint density at radius 3 is 2.11 bits per heavy atom. The maximum atomic E-state index is 12.0. The average Bonchev–Trinajstić information content (AvgIpc) is 2.25. The molecule has 0 radical (unpaired) electrons. The lowest BCUT2D eigenvalue weighted by molar-refractivity contribution is 0.567. The van der Waals surface area contributed by atoms with E-state index in [1.807, 2.05) is 38.1 Å². The van der Waals surface area contributed by atoms with Crippen LogP contribution >= 0.6 is 0 Å². The van der Waals surface area contributed by atoms with Gasteiger partial charge in [-0.3, -0.25) is 0 Å². The van der Waals surface area contributed by atoms with E-state index >= 15 is 0 Å². The highest BCUT2D eigenvalue weighted by Gasteiger charge is 2.15. The molecule has 0 atom stereocenters. The number of sulfonamides is 1. The molecule has 1 aromatic rings.